The first-order valence-electron chi connectivity index (χ1n) is 8.91. The fourth-order valence-electron chi connectivity index (χ4n) is 2.93. The average molecular weight is 457 g/mol. The van der Waals surface area contributed by atoms with E-state index in [0.29, 0.717) is 22.2 Å². The van der Waals surface area contributed by atoms with Crippen LogP contribution < -0.4 is 15.6 Å². The molecule has 0 aliphatic rings. The lowest BCUT2D eigenvalue weighted by atomic mass is 10.1. The first-order chi connectivity index (χ1) is 14.1. The van der Waals surface area contributed by atoms with Crippen LogP contribution in [0.5, 0.6) is 0 Å². The van der Waals surface area contributed by atoms with E-state index in [2.05, 4.69) is 15.0 Å². The number of aromatic nitrogens is 2. The quantitative estimate of drug-likeness (QED) is 0.562. The van der Waals surface area contributed by atoms with Crippen LogP contribution in [-0.4, -0.2) is 30.4 Å². The molecule has 0 saturated carbocycles. The lowest BCUT2D eigenvalue weighted by Gasteiger charge is -2.16. The standard InChI is InChI=1S/C19H19ClF2N4O3S/c1-11-13(6-7-14-16(11)19(27)26(2)10-23-14)24-18-12(22)4-5-15(17(18)20)25-30(28,29)9-3-8-21/h4-7,10,24-25H,3,8-9H2,1-2H3. The largest absolute Gasteiger partial charge is 0.352 e. The molecule has 0 amide bonds. The van der Waals surface area contributed by atoms with Crippen molar-refractivity contribution in [2.75, 3.05) is 22.5 Å². The molecule has 0 spiro atoms. The Hall–Kier alpha value is -2.72. The van der Waals surface area contributed by atoms with Crippen LogP contribution in [-0.2, 0) is 17.1 Å². The molecular formula is C19H19ClF2N4O3S. The summed E-state index contributed by atoms with van der Waals surface area (Å²) < 4.78 is 54.4. The van der Waals surface area contributed by atoms with Gasteiger partial charge < -0.3 is 9.88 Å². The molecule has 7 nitrogen and oxygen atoms in total. The maximum Gasteiger partial charge on any atom is 0.261 e. The number of sulfonamides is 1. The molecule has 1 aromatic heterocycles. The van der Waals surface area contributed by atoms with E-state index in [4.69, 9.17) is 11.6 Å². The zero-order valence-corrected chi connectivity index (χ0v) is 17.7. The number of hydrogen-bond acceptors (Lipinski definition) is 5. The number of benzene rings is 2. The van der Waals surface area contributed by atoms with E-state index in [1.807, 2.05) is 0 Å². The molecule has 0 atom stereocenters. The van der Waals surface area contributed by atoms with Gasteiger partial charge in [0.2, 0.25) is 10.0 Å². The lowest BCUT2D eigenvalue weighted by molar-refractivity contribution is 0.484. The van der Waals surface area contributed by atoms with Gasteiger partial charge in [-0.1, -0.05) is 11.6 Å². The molecule has 3 aromatic rings. The first kappa shape index (κ1) is 22.0. The van der Waals surface area contributed by atoms with Gasteiger partial charge in [-0.15, -0.1) is 0 Å². The number of fused-ring (bicyclic) bond motifs is 1. The summed E-state index contributed by atoms with van der Waals surface area (Å²) in [5.74, 6) is -1.15. The summed E-state index contributed by atoms with van der Waals surface area (Å²) in [7, 11) is -2.27. The van der Waals surface area contributed by atoms with Crippen molar-refractivity contribution in [2.45, 2.75) is 13.3 Å². The Morgan fingerprint density at radius 2 is 1.90 bits per heavy atom. The van der Waals surface area contributed by atoms with Crippen LogP contribution in [0.15, 0.2) is 35.4 Å². The molecule has 2 aromatic carbocycles. The van der Waals surface area contributed by atoms with E-state index in [0.717, 1.165) is 6.07 Å². The molecule has 3 rings (SSSR count). The van der Waals surface area contributed by atoms with Crippen molar-refractivity contribution < 1.29 is 17.2 Å². The number of hydrogen-bond donors (Lipinski definition) is 2. The maximum atomic E-state index is 14.5. The molecule has 30 heavy (non-hydrogen) atoms. The summed E-state index contributed by atoms with van der Waals surface area (Å²) in [6.07, 6.45) is 1.24. The van der Waals surface area contributed by atoms with Gasteiger partial charge in [-0.3, -0.25) is 13.9 Å². The SMILES string of the molecule is Cc1c(Nc2c(F)ccc(NS(=O)(=O)CCCF)c2Cl)ccc2ncn(C)c(=O)c12. The van der Waals surface area contributed by atoms with Crippen LogP contribution in [0.2, 0.25) is 5.02 Å². The van der Waals surface area contributed by atoms with Crippen LogP contribution in [0, 0.1) is 12.7 Å². The number of aryl methyl sites for hydroxylation is 2. The van der Waals surface area contributed by atoms with Crippen molar-refractivity contribution in [1.29, 1.82) is 0 Å². The molecule has 11 heteroatoms. The predicted molar refractivity (Wildman–Crippen MR) is 114 cm³/mol. The molecule has 2 N–H and O–H groups in total. The smallest absolute Gasteiger partial charge is 0.261 e. The Labute approximate surface area is 176 Å². The van der Waals surface area contributed by atoms with Gasteiger partial charge in [0.1, 0.15) is 5.82 Å². The molecule has 1 heterocycles. The Balaban J connectivity index is 2.02. The van der Waals surface area contributed by atoms with Gasteiger partial charge in [-0.05, 0) is 43.2 Å². The first-order valence-corrected chi connectivity index (χ1v) is 10.9. The van der Waals surface area contributed by atoms with E-state index in [1.54, 1.807) is 26.1 Å². The number of alkyl halides is 1. The summed E-state index contributed by atoms with van der Waals surface area (Å²) in [6.45, 7) is 0.906. The zero-order valence-electron chi connectivity index (χ0n) is 16.2. The molecule has 0 fully saturated rings. The van der Waals surface area contributed by atoms with E-state index in [9.17, 15) is 22.0 Å². The number of anilines is 3. The second-order valence-electron chi connectivity index (χ2n) is 6.67. The number of halogens is 3. The molecule has 0 aliphatic carbocycles. The lowest BCUT2D eigenvalue weighted by Crippen LogP contribution is -2.18. The number of nitrogens with zero attached hydrogens (tertiary/aromatic N) is 2. The van der Waals surface area contributed by atoms with Crippen LogP contribution in [0.1, 0.15) is 12.0 Å². The van der Waals surface area contributed by atoms with Crippen molar-refractivity contribution in [3.63, 3.8) is 0 Å². The second kappa shape index (κ2) is 8.57. The van der Waals surface area contributed by atoms with Crippen molar-refractivity contribution in [3.8, 4) is 0 Å². The maximum absolute atomic E-state index is 14.5. The minimum absolute atomic E-state index is 0.0459. The third-order valence-electron chi connectivity index (χ3n) is 4.51. The summed E-state index contributed by atoms with van der Waals surface area (Å²) in [5, 5.41) is 3.01. The van der Waals surface area contributed by atoms with E-state index in [1.165, 1.54) is 17.0 Å². The molecule has 0 radical (unpaired) electrons. The van der Waals surface area contributed by atoms with E-state index >= 15 is 0 Å². The summed E-state index contributed by atoms with van der Waals surface area (Å²) in [5.41, 5.74) is 0.960. The zero-order chi connectivity index (χ0) is 22.1. The Morgan fingerprint density at radius 3 is 2.60 bits per heavy atom. The van der Waals surface area contributed by atoms with Crippen LogP contribution in [0.3, 0.4) is 0 Å². The molecular weight excluding hydrogens is 438 g/mol. The fourth-order valence-corrected chi connectivity index (χ4v) is 4.33. The highest BCUT2D eigenvalue weighted by Gasteiger charge is 2.18. The number of nitrogens with one attached hydrogen (secondary N) is 2. The van der Waals surface area contributed by atoms with Crippen LogP contribution >= 0.6 is 11.6 Å². The molecule has 160 valence electrons. The van der Waals surface area contributed by atoms with Gasteiger partial charge in [-0.2, -0.15) is 0 Å². The third kappa shape index (κ3) is 4.39. The molecule has 0 saturated heterocycles. The van der Waals surface area contributed by atoms with Gasteiger partial charge in [-0.25, -0.2) is 17.8 Å². The van der Waals surface area contributed by atoms with Crippen LogP contribution in [0.25, 0.3) is 10.9 Å². The topological polar surface area (TPSA) is 93.1 Å². The summed E-state index contributed by atoms with van der Waals surface area (Å²) in [4.78, 5) is 16.7. The second-order valence-corrected chi connectivity index (χ2v) is 8.89. The predicted octanol–water partition coefficient (Wildman–Crippen LogP) is 3.88. The molecule has 0 unspecified atom stereocenters. The third-order valence-corrected chi connectivity index (χ3v) is 6.26. The Bertz CT molecular complexity index is 1280. The van der Waals surface area contributed by atoms with Crippen molar-refractivity contribution in [1.82, 2.24) is 9.55 Å². The van der Waals surface area contributed by atoms with Crippen molar-refractivity contribution in [2.24, 2.45) is 7.05 Å². The highest BCUT2D eigenvalue weighted by molar-refractivity contribution is 7.92. The van der Waals surface area contributed by atoms with Crippen molar-refractivity contribution in [3.05, 3.63) is 57.3 Å². The van der Waals surface area contributed by atoms with E-state index < -0.39 is 28.3 Å². The normalized spacial score (nSPS) is 11.6. The van der Waals surface area contributed by atoms with Gasteiger partial charge in [0, 0.05) is 12.7 Å². The highest BCUT2D eigenvalue weighted by atomic mass is 35.5. The average Bonchev–Trinajstić information content (AvgIpc) is 2.70. The van der Waals surface area contributed by atoms with Gasteiger partial charge in [0.05, 0.1) is 46.1 Å². The monoisotopic (exact) mass is 456 g/mol. The Kier molecular flexibility index (Phi) is 6.27. The van der Waals surface area contributed by atoms with E-state index in [-0.39, 0.29) is 28.4 Å². The molecule has 0 aliphatic heterocycles. The number of rotatable bonds is 7. The fraction of sp³-hybridized carbons (Fsp3) is 0.263. The van der Waals surface area contributed by atoms with Crippen LogP contribution in [0.4, 0.5) is 25.8 Å². The minimum Gasteiger partial charge on any atom is -0.352 e. The Morgan fingerprint density at radius 1 is 1.20 bits per heavy atom. The highest BCUT2D eigenvalue weighted by Crippen LogP contribution is 2.36. The molecule has 0 bridgehead atoms. The summed E-state index contributed by atoms with van der Waals surface area (Å²) >= 11 is 6.25. The van der Waals surface area contributed by atoms with Crippen molar-refractivity contribution >= 4 is 49.6 Å². The van der Waals surface area contributed by atoms with Gasteiger partial charge in [0.15, 0.2) is 0 Å². The summed E-state index contributed by atoms with van der Waals surface area (Å²) in [6, 6.07) is 5.47. The van der Waals surface area contributed by atoms with Gasteiger partial charge in [0.25, 0.3) is 5.56 Å². The minimum atomic E-state index is -3.85. The van der Waals surface area contributed by atoms with Gasteiger partial charge >= 0.3 is 0 Å².